The third-order valence-corrected chi connectivity index (χ3v) is 2.19. The third-order valence-electron chi connectivity index (χ3n) is 2.19. The SMILES string of the molecule is COC1=NNc2ccccc2C(C)=C1. The zero-order valence-corrected chi connectivity index (χ0v) is 8.24. The van der Waals surface area contributed by atoms with Gasteiger partial charge in [0.15, 0.2) is 0 Å². The van der Waals surface area contributed by atoms with Crippen LogP contribution in [0.4, 0.5) is 5.69 Å². The molecular weight excluding hydrogens is 176 g/mol. The predicted octanol–water partition coefficient (Wildman–Crippen LogP) is 2.48. The maximum atomic E-state index is 5.08. The second-order valence-electron chi connectivity index (χ2n) is 3.14. The molecule has 1 aliphatic rings. The van der Waals surface area contributed by atoms with Gasteiger partial charge in [-0.15, -0.1) is 5.10 Å². The monoisotopic (exact) mass is 188 g/mol. The molecule has 0 spiro atoms. The number of para-hydroxylation sites is 1. The standard InChI is InChI=1S/C11H12N2O/c1-8-7-11(14-2)13-12-10-6-4-3-5-9(8)10/h3-7,12H,1-2H3. The molecule has 0 fully saturated rings. The van der Waals surface area contributed by atoms with Gasteiger partial charge in [-0.25, -0.2) is 0 Å². The highest BCUT2D eigenvalue weighted by atomic mass is 16.5. The lowest BCUT2D eigenvalue weighted by molar-refractivity contribution is 0.406. The summed E-state index contributed by atoms with van der Waals surface area (Å²) in [7, 11) is 1.61. The Labute approximate surface area is 83.1 Å². The lowest BCUT2D eigenvalue weighted by Gasteiger charge is -2.04. The first-order chi connectivity index (χ1) is 6.81. The van der Waals surface area contributed by atoms with Crippen molar-refractivity contribution in [3.63, 3.8) is 0 Å². The lowest BCUT2D eigenvalue weighted by atomic mass is 10.1. The van der Waals surface area contributed by atoms with Crippen LogP contribution in [-0.2, 0) is 4.74 Å². The zero-order valence-electron chi connectivity index (χ0n) is 8.24. The topological polar surface area (TPSA) is 33.6 Å². The second kappa shape index (κ2) is 3.54. The van der Waals surface area contributed by atoms with Crippen LogP contribution >= 0.6 is 0 Å². The minimum Gasteiger partial charge on any atom is -0.480 e. The number of nitrogens with one attached hydrogen (secondary N) is 1. The number of nitrogens with zero attached hydrogens (tertiary/aromatic N) is 1. The van der Waals surface area contributed by atoms with E-state index in [9.17, 15) is 0 Å². The Kier molecular flexibility index (Phi) is 2.23. The van der Waals surface area contributed by atoms with Crippen molar-refractivity contribution in [1.29, 1.82) is 0 Å². The Morgan fingerprint density at radius 3 is 2.86 bits per heavy atom. The van der Waals surface area contributed by atoms with E-state index in [-0.39, 0.29) is 0 Å². The van der Waals surface area contributed by atoms with Gasteiger partial charge in [0.1, 0.15) is 0 Å². The largest absolute Gasteiger partial charge is 0.480 e. The molecule has 0 radical (unpaired) electrons. The van der Waals surface area contributed by atoms with Gasteiger partial charge in [0, 0.05) is 11.6 Å². The number of allylic oxidation sites excluding steroid dienone is 1. The van der Waals surface area contributed by atoms with Crippen LogP contribution in [0.5, 0.6) is 0 Å². The van der Waals surface area contributed by atoms with Crippen LogP contribution in [0.1, 0.15) is 12.5 Å². The Balaban J connectivity index is 2.49. The summed E-state index contributed by atoms with van der Waals surface area (Å²) in [5.74, 6) is 0.596. The summed E-state index contributed by atoms with van der Waals surface area (Å²) in [6, 6.07) is 8.04. The Morgan fingerprint density at radius 1 is 1.29 bits per heavy atom. The van der Waals surface area contributed by atoms with Crippen molar-refractivity contribution in [3.05, 3.63) is 35.9 Å². The van der Waals surface area contributed by atoms with Gasteiger partial charge in [0.05, 0.1) is 12.8 Å². The molecule has 0 saturated heterocycles. The molecule has 0 amide bonds. The molecule has 0 bridgehead atoms. The highest BCUT2D eigenvalue weighted by Crippen LogP contribution is 2.25. The molecule has 0 saturated carbocycles. The maximum absolute atomic E-state index is 5.08. The van der Waals surface area contributed by atoms with Crippen molar-refractivity contribution in [2.75, 3.05) is 12.5 Å². The van der Waals surface area contributed by atoms with Gasteiger partial charge in [-0.3, -0.25) is 5.43 Å². The number of benzene rings is 1. The van der Waals surface area contributed by atoms with Crippen LogP contribution < -0.4 is 5.43 Å². The van der Waals surface area contributed by atoms with Crippen LogP contribution in [0.2, 0.25) is 0 Å². The smallest absolute Gasteiger partial charge is 0.230 e. The van der Waals surface area contributed by atoms with Crippen molar-refractivity contribution in [2.45, 2.75) is 6.92 Å². The van der Waals surface area contributed by atoms with E-state index in [1.165, 1.54) is 0 Å². The fraction of sp³-hybridized carbons (Fsp3) is 0.182. The molecule has 72 valence electrons. The Morgan fingerprint density at radius 2 is 2.07 bits per heavy atom. The molecule has 0 atom stereocenters. The second-order valence-corrected chi connectivity index (χ2v) is 3.14. The summed E-state index contributed by atoms with van der Waals surface area (Å²) in [6.07, 6.45) is 1.92. The van der Waals surface area contributed by atoms with E-state index in [0.717, 1.165) is 16.8 Å². The first-order valence-corrected chi connectivity index (χ1v) is 4.46. The van der Waals surface area contributed by atoms with Gasteiger partial charge in [-0.1, -0.05) is 18.2 Å². The number of fused-ring (bicyclic) bond motifs is 1. The lowest BCUT2D eigenvalue weighted by Crippen LogP contribution is -1.99. The van der Waals surface area contributed by atoms with Gasteiger partial charge >= 0.3 is 0 Å². The molecule has 0 aliphatic carbocycles. The van der Waals surface area contributed by atoms with Crippen molar-refractivity contribution in [3.8, 4) is 0 Å². The van der Waals surface area contributed by atoms with E-state index in [2.05, 4.69) is 16.6 Å². The molecule has 3 heteroatoms. The summed E-state index contributed by atoms with van der Waals surface area (Å²) < 4.78 is 5.08. The van der Waals surface area contributed by atoms with Crippen LogP contribution in [0.15, 0.2) is 35.4 Å². The van der Waals surface area contributed by atoms with Gasteiger partial charge in [-0.2, -0.15) is 0 Å². The number of ether oxygens (including phenoxy) is 1. The van der Waals surface area contributed by atoms with Gasteiger partial charge in [-0.05, 0) is 18.6 Å². The summed E-state index contributed by atoms with van der Waals surface area (Å²) in [5, 5.41) is 4.10. The van der Waals surface area contributed by atoms with E-state index in [1.807, 2.05) is 31.2 Å². The number of rotatable bonds is 0. The highest BCUT2D eigenvalue weighted by molar-refractivity contribution is 5.98. The average Bonchev–Trinajstić information content (AvgIpc) is 2.39. The first-order valence-electron chi connectivity index (χ1n) is 4.46. The maximum Gasteiger partial charge on any atom is 0.230 e. The van der Waals surface area contributed by atoms with E-state index >= 15 is 0 Å². The quantitative estimate of drug-likeness (QED) is 0.678. The average molecular weight is 188 g/mol. The predicted molar refractivity (Wildman–Crippen MR) is 58.2 cm³/mol. The number of hydrogen-bond acceptors (Lipinski definition) is 3. The van der Waals surface area contributed by atoms with Crippen LogP contribution in [0.3, 0.4) is 0 Å². The Bertz CT molecular complexity index is 408. The molecule has 14 heavy (non-hydrogen) atoms. The van der Waals surface area contributed by atoms with Crippen molar-refractivity contribution >= 4 is 17.2 Å². The van der Waals surface area contributed by atoms with E-state index < -0.39 is 0 Å². The van der Waals surface area contributed by atoms with Gasteiger partial charge in [0.2, 0.25) is 5.90 Å². The molecule has 1 aromatic carbocycles. The molecule has 3 nitrogen and oxygen atoms in total. The molecule has 0 unspecified atom stereocenters. The molecule has 1 heterocycles. The number of anilines is 1. The summed E-state index contributed by atoms with van der Waals surface area (Å²) >= 11 is 0. The summed E-state index contributed by atoms with van der Waals surface area (Å²) in [5.41, 5.74) is 6.28. The van der Waals surface area contributed by atoms with Crippen LogP contribution in [0.25, 0.3) is 5.57 Å². The minimum absolute atomic E-state index is 0.596. The van der Waals surface area contributed by atoms with Crippen molar-refractivity contribution in [2.24, 2.45) is 5.10 Å². The van der Waals surface area contributed by atoms with Gasteiger partial charge < -0.3 is 4.74 Å². The molecule has 1 N–H and O–H groups in total. The summed E-state index contributed by atoms with van der Waals surface area (Å²) in [4.78, 5) is 0. The summed E-state index contributed by atoms with van der Waals surface area (Å²) in [6.45, 7) is 2.04. The number of hydrogen-bond donors (Lipinski definition) is 1. The Hall–Kier alpha value is -1.77. The van der Waals surface area contributed by atoms with Crippen molar-refractivity contribution < 1.29 is 4.74 Å². The minimum atomic E-state index is 0.596. The van der Waals surface area contributed by atoms with Crippen molar-refractivity contribution in [1.82, 2.24) is 0 Å². The van der Waals surface area contributed by atoms with Crippen LogP contribution in [-0.4, -0.2) is 13.0 Å². The first kappa shape index (κ1) is 8.81. The normalized spacial score (nSPS) is 14.4. The molecule has 1 aromatic rings. The fourth-order valence-corrected chi connectivity index (χ4v) is 1.44. The molecule has 1 aliphatic heterocycles. The number of methoxy groups -OCH3 is 1. The highest BCUT2D eigenvalue weighted by Gasteiger charge is 2.08. The molecule has 2 rings (SSSR count). The van der Waals surface area contributed by atoms with E-state index in [0.29, 0.717) is 5.90 Å². The van der Waals surface area contributed by atoms with Gasteiger partial charge in [0.25, 0.3) is 0 Å². The zero-order chi connectivity index (χ0) is 9.97. The fourth-order valence-electron chi connectivity index (χ4n) is 1.44. The third kappa shape index (κ3) is 1.48. The molecule has 0 aromatic heterocycles. The van der Waals surface area contributed by atoms with E-state index in [1.54, 1.807) is 7.11 Å². The van der Waals surface area contributed by atoms with Crippen LogP contribution in [0, 0.1) is 0 Å². The van der Waals surface area contributed by atoms with E-state index in [4.69, 9.17) is 4.74 Å². The number of hydrazone groups is 1. The molecular formula is C11H12N2O.